The molecule has 1 nitrogen and oxygen atoms in total. The summed E-state index contributed by atoms with van der Waals surface area (Å²) in [7, 11) is 0. The number of halogens is 3. The van der Waals surface area contributed by atoms with Crippen molar-refractivity contribution in [2.24, 2.45) is 5.73 Å². The zero-order valence-electron chi connectivity index (χ0n) is 7.72. The lowest BCUT2D eigenvalue weighted by Gasteiger charge is -2.07. The Morgan fingerprint density at radius 1 is 1.64 bits per heavy atom. The molecule has 0 spiro atoms. The molecular formula is C9H12Br2ClNS. The van der Waals surface area contributed by atoms with Crippen molar-refractivity contribution in [2.45, 2.75) is 19.4 Å². The predicted molar refractivity (Wildman–Crippen MR) is 73.3 cm³/mol. The van der Waals surface area contributed by atoms with Crippen LogP contribution in [0.1, 0.15) is 24.3 Å². The van der Waals surface area contributed by atoms with Gasteiger partial charge in [-0.25, -0.2) is 0 Å². The molecule has 0 radical (unpaired) electrons. The van der Waals surface area contributed by atoms with Gasteiger partial charge in [0.15, 0.2) is 0 Å². The molecule has 5 heteroatoms. The summed E-state index contributed by atoms with van der Waals surface area (Å²) in [6, 6.07) is 2.13. The fourth-order valence-electron chi connectivity index (χ4n) is 1.02. The van der Waals surface area contributed by atoms with E-state index in [1.165, 1.54) is 4.88 Å². The Kier molecular flexibility index (Phi) is 6.57. The lowest BCUT2D eigenvalue weighted by molar-refractivity contribution is 0.731. The second-order valence-corrected chi connectivity index (χ2v) is 6.29. The van der Waals surface area contributed by atoms with Crippen molar-refractivity contribution in [3.05, 3.63) is 31.4 Å². The monoisotopic (exact) mass is 359 g/mol. The normalized spacial score (nSPS) is 12.0. The van der Waals surface area contributed by atoms with Crippen LogP contribution in [0.2, 0.25) is 0 Å². The third-order valence-corrected chi connectivity index (χ3v) is 4.99. The number of hydrogen-bond donors (Lipinski definition) is 1. The summed E-state index contributed by atoms with van der Waals surface area (Å²) < 4.78 is 2.17. The van der Waals surface area contributed by atoms with Crippen LogP contribution in [0.4, 0.5) is 0 Å². The van der Waals surface area contributed by atoms with Gasteiger partial charge in [0.05, 0.1) is 3.79 Å². The second-order valence-electron chi connectivity index (χ2n) is 3.04. The maximum Gasteiger partial charge on any atom is 0.0843 e. The van der Waals surface area contributed by atoms with E-state index in [9.17, 15) is 0 Å². The lowest BCUT2D eigenvalue weighted by atomic mass is 10.1. The highest BCUT2D eigenvalue weighted by Crippen LogP contribution is 2.36. The first-order valence-corrected chi connectivity index (χ1v) is 6.25. The molecule has 0 aliphatic carbocycles. The van der Waals surface area contributed by atoms with E-state index in [4.69, 9.17) is 5.73 Å². The van der Waals surface area contributed by atoms with Gasteiger partial charge < -0.3 is 5.73 Å². The molecule has 0 aromatic carbocycles. The number of hydrogen-bond acceptors (Lipinski definition) is 2. The number of thiophene rings is 1. The van der Waals surface area contributed by atoms with Crippen LogP contribution in [0.25, 0.3) is 0 Å². The van der Waals surface area contributed by atoms with Crippen LogP contribution in [0.5, 0.6) is 0 Å². The molecule has 1 atom stereocenters. The molecular weight excluding hydrogens is 349 g/mol. The predicted octanol–water partition coefficient (Wildman–Crippen LogP) is 4.66. The van der Waals surface area contributed by atoms with Gasteiger partial charge >= 0.3 is 0 Å². The van der Waals surface area contributed by atoms with Crippen molar-refractivity contribution >= 4 is 55.6 Å². The van der Waals surface area contributed by atoms with Crippen molar-refractivity contribution < 1.29 is 0 Å². The highest BCUT2D eigenvalue weighted by atomic mass is 79.9. The molecule has 1 aromatic heterocycles. The van der Waals surface area contributed by atoms with Crippen LogP contribution in [0.15, 0.2) is 26.5 Å². The summed E-state index contributed by atoms with van der Waals surface area (Å²) in [5, 5.41) is 0. The van der Waals surface area contributed by atoms with E-state index in [-0.39, 0.29) is 18.4 Å². The topological polar surface area (TPSA) is 26.0 Å². The maximum atomic E-state index is 5.99. The minimum Gasteiger partial charge on any atom is -0.323 e. The Morgan fingerprint density at radius 3 is 2.57 bits per heavy atom. The summed E-state index contributed by atoms with van der Waals surface area (Å²) in [6.45, 7) is 5.85. The van der Waals surface area contributed by atoms with E-state index >= 15 is 0 Å². The first kappa shape index (κ1) is 14.6. The largest absolute Gasteiger partial charge is 0.323 e. The van der Waals surface area contributed by atoms with Crippen LogP contribution in [0, 0.1) is 0 Å². The second kappa shape index (κ2) is 6.28. The maximum absolute atomic E-state index is 5.99. The Labute approximate surface area is 111 Å². The average molecular weight is 362 g/mol. The van der Waals surface area contributed by atoms with Crippen molar-refractivity contribution in [1.29, 1.82) is 0 Å². The first-order valence-electron chi connectivity index (χ1n) is 3.85. The van der Waals surface area contributed by atoms with Gasteiger partial charge in [0.1, 0.15) is 0 Å². The SMILES string of the molecule is C=C(C)C[C@H](N)c1cc(Br)c(Br)s1.Cl. The van der Waals surface area contributed by atoms with E-state index in [1.54, 1.807) is 11.3 Å². The van der Waals surface area contributed by atoms with Gasteiger partial charge in [-0.2, -0.15) is 0 Å². The van der Waals surface area contributed by atoms with Crippen molar-refractivity contribution in [1.82, 2.24) is 0 Å². The van der Waals surface area contributed by atoms with E-state index < -0.39 is 0 Å². The molecule has 0 aliphatic heterocycles. The Morgan fingerprint density at radius 2 is 2.21 bits per heavy atom. The quantitative estimate of drug-likeness (QED) is 0.779. The molecule has 0 amide bonds. The van der Waals surface area contributed by atoms with Gasteiger partial charge in [0.25, 0.3) is 0 Å². The van der Waals surface area contributed by atoms with Gasteiger partial charge in [-0.05, 0) is 51.3 Å². The molecule has 80 valence electrons. The molecule has 0 fully saturated rings. The minimum atomic E-state index is 0. The van der Waals surface area contributed by atoms with Crippen LogP contribution < -0.4 is 5.73 Å². The molecule has 1 rings (SSSR count). The number of nitrogens with two attached hydrogens (primary N) is 1. The van der Waals surface area contributed by atoms with Gasteiger partial charge in [-0.1, -0.05) is 5.57 Å². The number of rotatable bonds is 3. The Balaban J connectivity index is 0.00000169. The average Bonchev–Trinajstić information content (AvgIpc) is 2.31. The Hall–Kier alpha value is 0.650. The molecule has 2 N–H and O–H groups in total. The third-order valence-electron chi connectivity index (χ3n) is 1.60. The van der Waals surface area contributed by atoms with Crippen LogP contribution in [-0.2, 0) is 0 Å². The standard InChI is InChI=1S/C9H11Br2NS.ClH/c1-5(2)3-7(12)8-4-6(10)9(11)13-8;/h4,7H,1,3,12H2,2H3;1H/t7-;/m0./s1. The lowest BCUT2D eigenvalue weighted by Crippen LogP contribution is -2.08. The van der Waals surface area contributed by atoms with Crippen molar-refractivity contribution in [3.63, 3.8) is 0 Å². The van der Waals surface area contributed by atoms with Gasteiger partial charge in [0, 0.05) is 15.4 Å². The summed E-state index contributed by atoms with van der Waals surface area (Å²) >= 11 is 8.55. The summed E-state index contributed by atoms with van der Waals surface area (Å²) in [6.07, 6.45) is 0.847. The van der Waals surface area contributed by atoms with Crippen molar-refractivity contribution in [2.75, 3.05) is 0 Å². The van der Waals surface area contributed by atoms with Gasteiger partial charge in [-0.3, -0.25) is 0 Å². The van der Waals surface area contributed by atoms with Crippen LogP contribution in [0.3, 0.4) is 0 Å². The molecule has 1 heterocycles. The highest BCUT2D eigenvalue weighted by Gasteiger charge is 2.11. The molecule has 0 saturated heterocycles. The smallest absolute Gasteiger partial charge is 0.0843 e. The Bertz CT molecular complexity index is 305. The van der Waals surface area contributed by atoms with Crippen LogP contribution in [-0.4, -0.2) is 0 Å². The van der Waals surface area contributed by atoms with E-state index in [1.807, 2.05) is 6.92 Å². The molecule has 0 saturated carbocycles. The molecule has 0 bridgehead atoms. The van der Waals surface area contributed by atoms with Crippen LogP contribution >= 0.6 is 55.6 Å². The molecule has 1 aromatic rings. The highest BCUT2D eigenvalue weighted by molar-refractivity contribution is 9.13. The summed E-state index contributed by atoms with van der Waals surface area (Å²) in [5.41, 5.74) is 7.10. The zero-order chi connectivity index (χ0) is 10.0. The molecule has 14 heavy (non-hydrogen) atoms. The molecule has 0 unspecified atom stereocenters. The summed E-state index contributed by atoms with van der Waals surface area (Å²) in [5.74, 6) is 0. The van der Waals surface area contributed by atoms with E-state index in [2.05, 4.69) is 44.5 Å². The molecule has 0 aliphatic rings. The van der Waals surface area contributed by atoms with E-state index in [0.717, 1.165) is 20.3 Å². The third kappa shape index (κ3) is 4.03. The fraction of sp³-hybridized carbons (Fsp3) is 0.333. The van der Waals surface area contributed by atoms with E-state index in [0.29, 0.717) is 0 Å². The summed E-state index contributed by atoms with van der Waals surface area (Å²) in [4.78, 5) is 1.18. The van der Waals surface area contributed by atoms with Gasteiger partial charge in [-0.15, -0.1) is 30.3 Å². The minimum absolute atomic E-state index is 0. The first-order chi connectivity index (χ1) is 6.00. The van der Waals surface area contributed by atoms with Gasteiger partial charge in [0.2, 0.25) is 0 Å². The van der Waals surface area contributed by atoms with Crippen molar-refractivity contribution in [3.8, 4) is 0 Å². The fourth-order valence-corrected chi connectivity index (χ4v) is 3.11. The zero-order valence-corrected chi connectivity index (χ0v) is 12.5.